The largest absolute Gasteiger partial charge is 0.436 e. The molecule has 0 saturated carbocycles. The zero-order chi connectivity index (χ0) is 17.7. The molecule has 0 radical (unpaired) electrons. The van der Waals surface area contributed by atoms with E-state index in [1.54, 1.807) is 0 Å². The Bertz CT molecular complexity index is 842. The Kier molecular flexibility index (Phi) is 4.76. The Balaban J connectivity index is 2.00. The quantitative estimate of drug-likeness (QED) is 0.375. The lowest BCUT2D eigenvalue weighted by Gasteiger charge is -2.40. The summed E-state index contributed by atoms with van der Waals surface area (Å²) in [6.07, 6.45) is 0. The fraction of sp³-hybridized carbons (Fsp3) is 0. The second-order valence-corrected chi connectivity index (χ2v) is 8.58. The Morgan fingerprint density at radius 3 is 1.04 bits per heavy atom. The van der Waals surface area contributed by atoms with Crippen LogP contribution in [0.5, 0.6) is 5.75 Å². The number of hydrogen-bond donors (Lipinski definition) is 0. The summed E-state index contributed by atoms with van der Waals surface area (Å²) < 4.78 is 6.84. The highest BCUT2D eigenvalue weighted by Gasteiger charge is 2.33. The molecular weight excluding hydrogens is 336 g/mol. The van der Waals surface area contributed by atoms with Gasteiger partial charge in [-0.1, -0.05) is 72.8 Å². The fourth-order valence-corrected chi connectivity index (χ4v) is 6.14. The fourth-order valence-electron chi connectivity index (χ4n) is 3.01. The lowest BCUT2D eigenvalue weighted by atomic mass is 10.3. The van der Waals surface area contributed by atoms with Crippen LogP contribution in [0.4, 0.5) is 0 Å². The number of rotatable bonds is 5. The molecule has 128 valence electrons. The van der Waals surface area contributed by atoms with E-state index < -0.39 is 10.3 Å². The average Bonchev–Trinajstić information content (AvgIpc) is 2.75. The van der Waals surface area contributed by atoms with E-state index in [9.17, 15) is 0 Å². The molecule has 0 amide bonds. The van der Waals surface area contributed by atoms with Gasteiger partial charge in [-0.2, -0.15) is 0 Å². The summed E-state index contributed by atoms with van der Waals surface area (Å²) in [5, 5.41) is 0. The molecule has 0 saturated heterocycles. The van der Waals surface area contributed by atoms with E-state index >= 15 is 0 Å². The lowest BCUT2D eigenvalue weighted by molar-refractivity contribution is 0.612. The van der Waals surface area contributed by atoms with Crippen molar-refractivity contribution in [1.82, 2.24) is 0 Å². The molecule has 1 nitrogen and oxygen atoms in total. The van der Waals surface area contributed by atoms with Crippen molar-refractivity contribution >= 4 is 10.3 Å². The summed E-state index contributed by atoms with van der Waals surface area (Å²) in [6, 6.07) is 41.7. The topological polar surface area (TPSA) is 9.23 Å². The van der Waals surface area contributed by atoms with Gasteiger partial charge in [0.25, 0.3) is 0 Å². The minimum absolute atomic E-state index is 0.874. The summed E-state index contributed by atoms with van der Waals surface area (Å²) in [4.78, 5) is 3.55. The van der Waals surface area contributed by atoms with Crippen LogP contribution in [0.25, 0.3) is 0 Å². The third-order valence-electron chi connectivity index (χ3n) is 4.19. The van der Waals surface area contributed by atoms with Crippen LogP contribution >= 0.6 is 10.3 Å². The Hall–Kier alpha value is -2.97. The normalized spacial score (nSPS) is 11.7. The van der Waals surface area contributed by atoms with E-state index in [-0.39, 0.29) is 0 Å². The molecular formula is C24H20OS. The van der Waals surface area contributed by atoms with Crippen LogP contribution in [0.15, 0.2) is 136 Å². The first-order valence-electron chi connectivity index (χ1n) is 8.63. The van der Waals surface area contributed by atoms with Crippen molar-refractivity contribution in [3.8, 4) is 5.75 Å². The van der Waals surface area contributed by atoms with Crippen molar-refractivity contribution < 1.29 is 4.18 Å². The molecule has 4 rings (SSSR count). The molecule has 0 N–H and O–H groups in total. The molecule has 4 aromatic carbocycles. The third kappa shape index (κ3) is 3.12. The van der Waals surface area contributed by atoms with Crippen LogP contribution in [-0.4, -0.2) is 0 Å². The zero-order valence-corrected chi connectivity index (χ0v) is 15.2. The summed E-state index contributed by atoms with van der Waals surface area (Å²) in [5.41, 5.74) is 0. The molecule has 0 fully saturated rings. The monoisotopic (exact) mass is 356 g/mol. The maximum Gasteiger partial charge on any atom is 0.136 e. The molecule has 2 heteroatoms. The van der Waals surface area contributed by atoms with Crippen LogP contribution in [0.3, 0.4) is 0 Å². The van der Waals surface area contributed by atoms with Crippen molar-refractivity contribution in [1.29, 1.82) is 0 Å². The standard InChI is InChI=1S/C24H20OS/c1-5-13-21(14-6-1)25-26(22-15-7-2-8-16-22,23-17-9-3-10-18-23)24-19-11-4-12-20-24/h1-20H. The maximum absolute atomic E-state index is 6.84. The highest BCUT2D eigenvalue weighted by molar-refractivity contribution is 8.30. The molecule has 0 aliphatic heterocycles. The minimum Gasteiger partial charge on any atom is -0.436 e. The van der Waals surface area contributed by atoms with E-state index in [2.05, 4.69) is 72.8 Å². The third-order valence-corrected chi connectivity index (χ3v) is 7.44. The number of hydrogen-bond acceptors (Lipinski definition) is 1. The molecule has 0 unspecified atom stereocenters. The second kappa shape index (κ2) is 7.51. The SMILES string of the molecule is c1ccc(OS(c2ccccc2)(c2ccccc2)c2ccccc2)cc1. The van der Waals surface area contributed by atoms with Crippen LogP contribution in [0.2, 0.25) is 0 Å². The van der Waals surface area contributed by atoms with Gasteiger partial charge in [0.05, 0.1) is 0 Å². The minimum atomic E-state index is -1.89. The summed E-state index contributed by atoms with van der Waals surface area (Å²) in [6.45, 7) is 0. The average molecular weight is 356 g/mol. The first-order valence-corrected chi connectivity index (χ1v) is 10.2. The molecule has 0 heterocycles. The summed E-state index contributed by atoms with van der Waals surface area (Å²) in [5.74, 6) is 0.874. The highest BCUT2D eigenvalue weighted by Crippen LogP contribution is 2.68. The molecule has 0 spiro atoms. The van der Waals surface area contributed by atoms with Crippen LogP contribution in [-0.2, 0) is 0 Å². The molecule has 0 aliphatic carbocycles. The van der Waals surface area contributed by atoms with Crippen LogP contribution < -0.4 is 4.18 Å². The Morgan fingerprint density at radius 1 is 0.385 bits per heavy atom. The predicted octanol–water partition coefficient (Wildman–Crippen LogP) is 6.96. The van der Waals surface area contributed by atoms with Gasteiger partial charge in [0.1, 0.15) is 5.75 Å². The second-order valence-electron chi connectivity index (χ2n) is 5.89. The van der Waals surface area contributed by atoms with Gasteiger partial charge in [0.15, 0.2) is 0 Å². The highest BCUT2D eigenvalue weighted by atomic mass is 32.3. The lowest BCUT2D eigenvalue weighted by Crippen LogP contribution is -2.10. The molecule has 4 aromatic rings. The van der Waals surface area contributed by atoms with E-state index in [4.69, 9.17) is 4.18 Å². The zero-order valence-electron chi connectivity index (χ0n) is 14.4. The van der Waals surface area contributed by atoms with Gasteiger partial charge in [-0.05, 0) is 58.8 Å². The molecule has 0 bridgehead atoms. The first kappa shape index (κ1) is 16.5. The van der Waals surface area contributed by atoms with Gasteiger partial charge < -0.3 is 4.18 Å². The van der Waals surface area contributed by atoms with Gasteiger partial charge in [-0.3, -0.25) is 0 Å². The van der Waals surface area contributed by atoms with E-state index in [1.165, 1.54) is 14.7 Å². The van der Waals surface area contributed by atoms with Gasteiger partial charge in [0.2, 0.25) is 0 Å². The van der Waals surface area contributed by atoms with E-state index in [0.717, 1.165) is 5.75 Å². The first-order chi connectivity index (χ1) is 12.9. The smallest absolute Gasteiger partial charge is 0.136 e. The summed E-state index contributed by atoms with van der Waals surface area (Å²) in [7, 11) is -1.89. The number of benzene rings is 4. The molecule has 0 aromatic heterocycles. The van der Waals surface area contributed by atoms with E-state index in [1.807, 2.05) is 48.5 Å². The van der Waals surface area contributed by atoms with Gasteiger partial charge in [0, 0.05) is 14.7 Å². The van der Waals surface area contributed by atoms with E-state index in [0.29, 0.717) is 0 Å². The van der Waals surface area contributed by atoms with Gasteiger partial charge in [-0.15, -0.1) is 0 Å². The maximum atomic E-state index is 6.84. The van der Waals surface area contributed by atoms with Gasteiger partial charge in [-0.25, -0.2) is 0 Å². The molecule has 0 atom stereocenters. The van der Waals surface area contributed by atoms with Crippen molar-refractivity contribution in [2.75, 3.05) is 0 Å². The van der Waals surface area contributed by atoms with Gasteiger partial charge >= 0.3 is 0 Å². The van der Waals surface area contributed by atoms with Crippen molar-refractivity contribution in [2.24, 2.45) is 0 Å². The molecule has 0 aliphatic rings. The summed E-state index contributed by atoms with van der Waals surface area (Å²) >= 11 is 0. The van der Waals surface area contributed by atoms with Crippen molar-refractivity contribution in [3.63, 3.8) is 0 Å². The number of para-hydroxylation sites is 1. The molecule has 26 heavy (non-hydrogen) atoms. The predicted molar refractivity (Wildman–Crippen MR) is 109 cm³/mol. The Morgan fingerprint density at radius 2 is 0.692 bits per heavy atom. The van der Waals surface area contributed by atoms with Crippen molar-refractivity contribution in [3.05, 3.63) is 121 Å². The van der Waals surface area contributed by atoms with Crippen molar-refractivity contribution in [2.45, 2.75) is 14.7 Å². The Labute approximate surface area is 156 Å². The van der Waals surface area contributed by atoms with Crippen LogP contribution in [0, 0.1) is 0 Å². The van der Waals surface area contributed by atoms with Crippen LogP contribution in [0.1, 0.15) is 0 Å².